The maximum atomic E-state index is 12.9. The number of fused-ring (bicyclic) bond motifs is 5. The van der Waals surface area contributed by atoms with Crippen molar-refractivity contribution in [3.8, 4) is 39.8 Å². The molecule has 7 rings (SSSR count). The molecular weight excluding hydrogens is 456 g/mol. The first kappa shape index (κ1) is 20.8. The molecule has 0 amide bonds. The fraction of sp³-hybridized carbons (Fsp3) is 0.179. The van der Waals surface area contributed by atoms with E-state index in [9.17, 15) is 4.79 Å². The van der Waals surface area contributed by atoms with Crippen LogP contribution in [0.1, 0.15) is 5.56 Å². The topological polar surface area (TPSA) is 91.3 Å². The molecule has 5 heterocycles. The highest BCUT2D eigenvalue weighted by Gasteiger charge is 2.23. The summed E-state index contributed by atoms with van der Waals surface area (Å²) >= 11 is 0. The number of aromatic amines is 1. The Kier molecular flexibility index (Phi) is 4.77. The maximum Gasteiger partial charge on any atom is 0.257 e. The molecule has 178 valence electrons. The fourth-order valence-corrected chi connectivity index (χ4v) is 4.93. The van der Waals surface area contributed by atoms with E-state index in [2.05, 4.69) is 45.5 Å². The van der Waals surface area contributed by atoms with E-state index in [4.69, 9.17) is 14.2 Å². The SMILES string of the molecule is O=c1cc(OCC2COc3ncccc3O2)cc2n1CCc1cc(-c3ccc4[nH]ncc4c3)ccc1-2. The van der Waals surface area contributed by atoms with Gasteiger partial charge in [-0.05, 0) is 47.4 Å². The summed E-state index contributed by atoms with van der Waals surface area (Å²) in [6.45, 7) is 1.23. The summed E-state index contributed by atoms with van der Waals surface area (Å²) in [5.74, 6) is 1.61. The lowest BCUT2D eigenvalue weighted by Gasteiger charge is -2.26. The van der Waals surface area contributed by atoms with Crippen LogP contribution in [0.4, 0.5) is 0 Å². The molecule has 36 heavy (non-hydrogen) atoms. The minimum atomic E-state index is -0.289. The van der Waals surface area contributed by atoms with Crippen LogP contribution in [-0.4, -0.2) is 39.1 Å². The second-order valence-electron chi connectivity index (χ2n) is 9.03. The lowest BCUT2D eigenvalue weighted by atomic mass is 9.92. The fourth-order valence-electron chi connectivity index (χ4n) is 4.93. The van der Waals surface area contributed by atoms with Gasteiger partial charge in [-0.25, -0.2) is 4.98 Å². The summed E-state index contributed by atoms with van der Waals surface area (Å²) < 4.78 is 19.4. The van der Waals surface area contributed by atoms with Gasteiger partial charge in [-0.15, -0.1) is 0 Å². The highest BCUT2D eigenvalue weighted by Crippen LogP contribution is 2.34. The van der Waals surface area contributed by atoms with Crippen molar-refractivity contribution in [3.63, 3.8) is 0 Å². The molecule has 2 aliphatic heterocycles. The van der Waals surface area contributed by atoms with Crippen molar-refractivity contribution in [2.75, 3.05) is 13.2 Å². The van der Waals surface area contributed by atoms with E-state index >= 15 is 0 Å². The number of aromatic nitrogens is 4. The highest BCUT2D eigenvalue weighted by atomic mass is 16.6. The van der Waals surface area contributed by atoms with Crippen molar-refractivity contribution < 1.29 is 14.2 Å². The lowest BCUT2D eigenvalue weighted by molar-refractivity contribution is 0.0500. The Hall–Kier alpha value is -4.59. The van der Waals surface area contributed by atoms with Gasteiger partial charge in [0.1, 0.15) is 19.0 Å². The van der Waals surface area contributed by atoms with E-state index in [0.717, 1.165) is 39.7 Å². The number of nitrogens with zero attached hydrogens (tertiary/aromatic N) is 3. The van der Waals surface area contributed by atoms with Crippen LogP contribution in [0.2, 0.25) is 0 Å². The van der Waals surface area contributed by atoms with Gasteiger partial charge in [-0.2, -0.15) is 5.10 Å². The van der Waals surface area contributed by atoms with E-state index in [-0.39, 0.29) is 18.3 Å². The number of benzene rings is 2. The first-order valence-electron chi connectivity index (χ1n) is 11.9. The zero-order valence-corrected chi connectivity index (χ0v) is 19.3. The number of aryl methyl sites for hydroxylation is 1. The molecular formula is C28H22N4O4. The summed E-state index contributed by atoms with van der Waals surface area (Å²) in [6.07, 6.45) is 4.01. The van der Waals surface area contributed by atoms with Crippen molar-refractivity contribution in [2.24, 2.45) is 0 Å². The zero-order chi connectivity index (χ0) is 24.1. The molecule has 2 aliphatic rings. The van der Waals surface area contributed by atoms with Crippen LogP contribution in [0, 0.1) is 0 Å². The first-order valence-corrected chi connectivity index (χ1v) is 11.9. The number of pyridine rings is 2. The first-order chi connectivity index (χ1) is 17.7. The van der Waals surface area contributed by atoms with Gasteiger partial charge in [0.2, 0.25) is 0 Å². The van der Waals surface area contributed by atoms with Crippen LogP contribution in [0.3, 0.4) is 0 Å². The largest absolute Gasteiger partial charge is 0.489 e. The van der Waals surface area contributed by atoms with Crippen LogP contribution in [0.5, 0.6) is 17.4 Å². The third-order valence-corrected chi connectivity index (χ3v) is 6.73. The summed E-state index contributed by atoms with van der Waals surface area (Å²) in [7, 11) is 0. The number of rotatable bonds is 4. The average Bonchev–Trinajstić information content (AvgIpc) is 3.39. The summed E-state index contributed by atoms with van der Waals surface area (Å²) in [5.41, 5.74) is 6.36. The van der Waals surface area contributed by atoms with E-state index in [1.807, 2.05) is 29.0 Å². The number of nitrogens with one attached hydrogen (secondary N) is 1. The van der Waals surface area contributed by atoms with Crippen LogP contribution >= 0.6 is 0 Å². The van der Waals surface area contributed by atoms with Gasteiger partial charge in [0.15, 0.2) is 11.9 Å². The number of hydrogen-bond donors (Lipinski definition) is 1. The minimum absolute atomic E-state index is 0.0713. The second-order valence-corrected chi connectivity index (χ2v) is 9.03. The second kappa shape index (κ2) is 8.27. The lowest BCUT2D eigenvalue weighted by Crippen LogP contribution is -2.35. The number of ether oxygens (including phenoxy) is 3. The van der Waals surface area contributed by atoms with Gasteiger partial charge in [0, 0.05) is 35.8 Å². The molecule has 3 aromatic heterocycles. The van der Waals surface area contributed by atoms with Crippen LogP contribution < -0.4 is 19.8 Å². The molecule has 0 spiro atoms. The molecule has 0 aliphatic carbocycles. The third kappa shape index (κ3) is 3.58. The molecule has 5 aromatic rings. The van der Waals surface area contributed by atoms with E-state index in [1.165, 1.54) is 5.56 Å². The van der Waals surface area contributed by atoms with Gasteiger partial charge in [0.25, 0.3) is 11.4 Å². The van der Waals surface area contributed by atoms with Gasteiger partial charge in [0.05, 0.1) is 17.4 Å². The van der Waals surface area contributed by atoms with Crippen LogP contribution in [-0.2, 0) is 13.0 Å². The molecule has 0 bridgehead atoms. The Bertz CT molecular complexity index is 1670. The molecule has 8 heteroatoms. The minimum Gasteiger partial charge on any atom is -0.489 e. The van der Waals surface area contributed by atoms with Crippen LogP contribution in [0.15, 0.2) is 77.9 Å². The monoisotopic (exact) mass is 478 g/mol. The number of H-pyrrole nitrogens is 1. The molecule has 0 saturated carbocycles. The molecule has 0 radical (unpaired) electrons. The molecule has 2 aromatic carbocycles. The summed E-state index contributed by atoms with van der Waals surface area (Å²) in [4.78, 5) is 17.1. The number of hydrogen-bond acceptors (Lipinski definition) is 6. The smallest absolute Gasteiger partial charge is 0.257 e. The van der Waals surface area contributed by atoms with Gasteiger partial charge >= 0.3 is 0 Å². The quantitative estimate of drug-likeness (QED) is 0.416. The van der Waals surface area contributed by atoms with Crippen molar-refractivity contribution in [2.45, 2.75) is 19.1 Å². The molecule has 8 nitrogen and oxygen atoms in total. The molecule has 1 N–H and O–H groups in total. The Morgan fingerprint density at radius 2 is 2.00 bits per heavy atom. The van der Waals surface area contributed by atoms with Crippen molar-refractivity contribution in [1.29, 1.82) is 0 Å². The van der Waals surface area contributed by atoms with E-state index < -0.39 is 0 Å². The predicted molar refractivity (Wildman–Crippen MR) is 135 cm³/mol. The standard InChI is InChI=1S/C28H22N4O4/c33-27-13-21(34-15-22-16-35-28-26(36-22)2-1-8-29-28)12-25-23-5-3-17(10-19(23)7-9-32(25)27)18-4-6-24-20(11-18)14-30-31-24/h1-6,8,10-14,22H,7,9,15-16H2,(H,30,31). The van der Waals surface area contributed by atoms with Gasteiger partial charge in [-0.1, -0.05) is 24.3 Å². The Balaban J connectivity index is 1.15. The van der Waals surface area contributed by atoms with Crippen LogP contribution in [0.25, 0.3) is 33.3 Å². The average molecular weight is 479 g/mol. The van der Waals surface area contributed by atoms with Crippen molar-refractivity contribution in [1.82, 2.24) is 19.7 Å². The normalized spacial score (nSPS) is 15.8. The maximum absolute atomic E-state index is 12.9. The molecule has 1 atom stereocenters. The predicted octanol–water partition coefficient (Wildman–Crippen LogP) is 4.23. The Labute approximate surface area is 206 Å². The molecule has 0 saturated heterocycles. The van der Waals surface area contributed by atoms with E-state index in [0.29, 0.717) is 30.5 Å². The third-order valence-electron chi connectivity index (χ3n) is 6.73. The zero-order valence-electron chi connectivity index (χ0n) is 19.3. The summed E-state index contributed by atoms with van der Waals surface area (Å²) in [6, 6.07) is 19.8. The molecule has 1 unspecified atom stereocenters. The van der Waals surface area contributed by atoms with Gasteiger partial charge in [-0.3, -0.25) is 9.89 Å². The Morgan fingerprint density at radius 3 is 2.97 bits per heavy atom. The molecule has 0 fully saturated rings. The van der Waals surface area contributed by atoms with Gasteiger partial charge < -0.3 is 18.8 Å². The highest BCUT2D eigenvalue weighted by molar-refractivity contribution is 5.85. The van der Waals surface area contributed by atoms with Crippen molar-refractivity contribution in [3.05, 3.63) is 89.0 Å². The Morgan fingerprint density at radius 1 is 1.08 bits per heavy atom. The summed E-state index contributed by atoms with van der Waals surface area (Å²) in [5, 5.41) is 8.19. The van der Waals surface area contributed by atoms with E-state index in [1.54, 1.807) is 18.3 Å². The van der Waals surface area contributed by atoms with Crippen molar-refractivity contribution >= 4 is 10.9 Å².